The second kappa shape index (κ2) is 19.7. The van der Waals surface area contributed by atoms with Crippen LogP contribution in [-0.2, 0) is 33.8 Å². The number of amides is 2. The Balaban J connectivity index is 1.08. The topological polar surface area (TPSA) is 119 Å². The zero-order valence-corrected chi connectivity index (χ0v) is 30.9. The maximum atomic E-state index is 12.8. The molecule has 286 valence electrons. The molecule has 3 atom stereocenters. The summed E-state index contributed by atoms with van der Waals surface area (Å²) in [6, 6.07) is 33.5. The Kier molecular flexibility index (Phi) is 14.0. The van der Waals surface area contributed by atoms with E-state index >= 15 is 0 Å². The highest BCUT2D eigenvalue weighted by Crippen LogP contribution is 2.35. The predicted octanol–water partition coefficient (Wildman–Crippen LogP) is 7.28. The van der Waals surface area contributed by atoms with Crippen molar-refractivity contribution in [3.8, 4) is 11.5 Å². The van der Waals surface area contributed by atoms with E-state index in [4.69, 9.17) is 23.7 Å². The summed E-state index contributed by atoms with van der Waals surface area (Å²) < 4.78 is 29.4. The van der Waals surface area contributed by atoms with Crippen LogP contribution in [0, 0.1) is 0 Å². The Morgan fingerprint density at radius 3 is 2.41 bits per heavy atom. The lowest BCUT2D eigenvalue weighted by atomic mass is 9.87. The minimum atomic E-state index is -0.942. The highest BCUT2D eigenvalue weighted by Gasteiger charge is 2.33. The predicted molar refractivity (Wildman–Crippen MR) is 206 cm³/mol. The van der Waals surface area contributed by atoms with Crippen LogP contribution in [0.4, 0.5) is 15.3 Å². The van der Waals surface area contributed by atoms with E-state index < -0.39 is 12.2 Å². The Bertz CT molecular complexity index is 1760. The third kappa shape index (κ3) is 11.1. The molecule has 2 amide bonds. The number of aryl methyl sites for hydroxylation is 1. The number of anilines is 1. The van der Waals surface area contributed by atoms with Gasteiger partial charge in [0.15, 0.2) is 0 Å². The number of ether oxygens (including phenoxy) is 5. The lowest BCUT2D eigenvalue weighted by Gasteiger charge is -2.37. The molecule has 54 heavy (non-hydrogen) atoms. The molecule has 0 bridgehead atoms. The Morgan fingerprint density at radius 2 is 1.67 bits per heavy atom. The number of hydrogen-bond donors (Lipinski definition) is 2. The SMILES string of the molecule is COCCCN1CCOc2ccc(COC3CN(C(=O)O)CCC3c3ccc(OCC(CCc4ccccc4)NC(=O)OCc4ccccc4)cc3)cc21. The van der Waals surface area contributed by atoms with Crippen LogP contribution < -0.4 is 19.7 Å². The Labute approximate surface area is 317 Å². The number of alkyl carbamates (subject to hydrolysis) is 1. The van der Waals surface area contributed by atoms with Crippen molar-refractivity contribution in [3.63, 3.8) is 0 Å². The molecule has 0 aromatic heterocycles. The number of fused-ring (bicyclic) bond motifs is 1. The second-order valence-corrected chi connectivity index (χ2v) is 13.8. The highest BCUT2D eigenvalue weighted by molar-refractivity contribution is 5.67. The first-order valence-corrected chi connectivity index (χ1v) is 18.8. The molecule has 0 spiro atoms. The maximum Gasteiger partial charge on any atom is 0.407 e. The van der Waals surface area contributed by atoms with Gasteiger partial charge in [-0.15, -0.1) is 0 Å². The first-order chi connectivity index (χ1) is 26.4. The van der Waals surface area contributed by atoms with E-state index in [1.807, 2.05) is 84.9 Å². The van der Waals surface area contributed by atoms with E-state index in [-0.39, 0.29) is 37.8 Å². The lowest BCUT2D eigenvalue weighted by Crippen LogP contribution is -2.46. The van der Waals surface area contributed by atoms with Crippen molar-refractivity contribution in [1.29, 1.82) is 0 Å². The monoisotopic (exact) mass is 737 g/mol. The number of nitrogens with zero attached hydrogens (tertiary/aromatic N) is 2. The first kappa shape index (κ1) is 38.5. The molecule has 2 aliphatic rings. The van der Waals surface area contributed by atoms with Crippen molar-refractivity contribution < 1.29 is 38.4 Å². The molecular formula is C43H51N3O8. The molecule has 4 aromatic rings. The van der Waals surface area contributed by atoms with Crippen LogP contribution in [0.3, 0.4) is 0 Å². The van der Waals surface area contributed by atoms with E-state index in [0.29, 0.717) is 45.0 Å². The summed E-state index contributed by atoms with van der Waals surface area (Å²) in [4.78, 5) is 28.5. The smallest absolute Gasteiger partial charge is 0.407 e. The van der Waals surface area contributed by atoms with Crippen molar-refractivity contribution in [2.75, 3.05) is 58.0 Å². The van der Waals surface area contributed by atoms with Crippen molar-refractivity contribution in [2.45, 2.75) is 57.0 Å². The number of hydrogen-bond acceptors (Lipinski definition) is 8. The summed E-state index contributed by atoms with van der Waals surface area (Å²) in [5.41, 5.74) is 5.20. The summed E-state index contributed by atoms with van der Waals surface area (Å²) in [7, 11) is 1.72. The van der Waals surface area contributed by atoms with Gasteiger partial charge in [-0.2, -0.15) is 0 Å². The first-order valence-electron chi connectivity index (χ1n) is 18.8. The van der Waals surface area contributed by atoms with Crippen LogP contribution in [0.1, 0.15) is 47.4 Å². The highest BCUT2D eigenvalue weighted by atomic mass is 16.5. The minimum absolute atomic E-state index is 0.000764. The molecule has 0 aliphatic carbocycles. The summed E-state index contributed by atoms with van der Waals surface area (Å²) in [6.07, 6.45) is 1.24. The van der Waals surface area contributed by atoms with Crippen LogP contribution in [0.25, 0.3) is 0 Å². The molecule has 1 fully saturated rings. The van der Waals surface area contributed by atoms with Gasteiger partial charge in [0.25, 0.3) is 0 Å². The quantitative estimate of drug-likeness (QED) is 0.108. The van der Waals surface area contributed by atoms with Gasteiger partial charge >= 0.3 is 12.2 Å². The summed E-state index contributed by atoms with van der Waals surface area (Å²) in [5, 5.41) is 12.8. The van der Waals surface area contributed by atoms with E-state index in [9.17, 15) is 14.7 Å². The largest absolute Gasteiger partial charge is 0.491 e. The van der Waals surface area contributed by atoms with Gasteiger partial charge in [0.05, 0.1) is 37.5 Å². The standard InChI is InChI=1S/C43H51N3O8/c1-50-25-8-22-45-24-26-51-40-20-14-34(27-39(40)45)30-53-41-28-46(43(48)49)23-21-38(41)35-15-18-37(19-16-35)52-31-36(17-13-32-9-4-2-5-10-32)44-42(47)54-29-33-11-6-3-7-12-33/h2-7,9-12,14-16,18-20,27,36,38,41H,8,13,17,21-26,28-31H2,1H3,(H,44,47)(H,48,49). The summed E-state index contributed by atoms with van der Waals surface area (Å²) in [5.74, 6) is 1.54. The number of carbonyl (C=O) groups excluding carboxylic acids is 1. The number of methoxy groups -OCH3 is 1. The molecule has 2 heterocycles. The fourth-order valence-electron chi connectivity index (χ4n) is 7.01. The number of piperidine rings is 1. The molecule has 2 aliphatic heterocycles. The summed E-state index contributed by atoms with van der Waals surface area (Å²) in [6.45, 7) is 4.54. The molecule has 4 aromatic carbocycles. The average molecular weight is 738 g/mol. The van der Waals surface area contributed by atoms with Crippen molar-refractivity contribution in [1.82, 2.24) is 10.2 Å². The zero-order chi connectivity index (χ0) is 37.5. The van der Waals surface area contributed by atoms with Gasteiger partial charge in [-0.1, -0.05) is 78.9 Å². The van der Waals surface area contributed by atoms with Gasteiger partial charge in [-0.25, -0.2) is 9.59 Å². The van der Waals surface area contributed by atoms with Crippen LogP contribution in [-0.4, -0.2) is 87.4 Å². The van der Waals surface area contributed by atoms with E-state index in [1.165, 1.54) is 10.5 Å². The van der Waals surface area contributed by atoms with Crippen molar-refractivity contribution >= 4 is 17.9 Å². The van der Waals surface area contributed by atoms with Gasteiger partial charge in [0.2, 0.25) is 0 Å². The normalized spacial score (nSPS) is 17.2. The van der Waals surface area contributed by atoms with E-state index in [1.54, 1.807) is 7.11 Å². The molecule has 6 rings (SSSR count). The van der Waals surface area contributed by atoms with Crippen LogP contribution >= 0.6 is 0 Å². The molecule has 1 saturated heterocycles. The third-order valence-electron chi connectivity index (χ3n) is 9.97. The lowest BCUT2D eigenvalue weighted by molar-refractivity contribution is -0.0199. The fraction of sp³-hybridized carbons (Fsp3) is 0.395. The van der Waals surface area contributed by atoms with Crippen LogP contribution in [0.15, 0.2) is 103 Å². The molecule has 3 unspecified atom stereocenters. The van der Waals surface area contributed by atoms with Crippen molar-refractivity contribution in [2.24, 2.45) is 0 Å². The third-order valence-corrected chi connectivity index (χ3v) is 9.97. The average Bonchev–Trinajstić information content (AvgIpc) is 3.21. The Morgan fingerprint density at radius 1 is 0.907 bits per heavy atom. The molecule has 11 nitrogen and oxygen atoms in total. The Hall–Kier alpha value is -5.26. The zero-order valence-electron chi connectivity index (χ0n) is 30.9. The number of rotatable bonds is 17. The van der Waals surface area contributed by atoms with Gasteiger partial charge in [-0.05, 0) is 72.2 Å². The van der Waals surface area contributed by atoms with Gasteiger partial charge in [-0.3, -0.25) is 0 Å². The van der Waals surface area contributed by atoms with Crippen LogP contribution in [0.5, 0.6) is 11.5 Å². The van der Waals surface area contributed by atoms with E-state index in [2.05, 4.69) is 28.4 Å². The number of carboxylic acid groups (broad SMARTS) is 1. The van der Waals surface area contributed by atoms with Crippen molar-refractivity contribution in [3.05, 3.63) is 125 Å². The number of likely N-dealkylation sites (tertiary alicyclic amines) is 1. The number of nitrogens with one attached hydrogen (secondary N) is 1. The van der Waals surface area contributed by atoms with Gasteiger partial charge in [0.1, 0.15) is 31.3 Å². The van der Waals surface area contributed by atoms with E-state index in [0.717, 1.165) is 54.1 Å². The molecule has 2 N–H and O–H groups in total. The molecule has 0 radical (unpaired) electrons. The summed E-state index contributed by atoms with van der Waals surface area (Å²) >= 11 is 0. The molecule has 0 saturated carbocycles. The number of benzene rings is 4. The van der Waals surface area contributed by atoms with Gasteiger partial charge < -0.3 is 43.9 Å². The maximum absolute atomic E-state index is 12.8. The number of carbonyl (C=O) groups is 2. The second-order valence-electron chi connectivity index (χ2n) is 13.8. The molecule has 11 heteroatoms. The van der Waals surface area contributed by atoms with Crippen LogP contribution in [0.2, 0.25) is 0 Å². The fourth-order valence-corrected chi connectivity index (χ4v) is 7.01. The minimum Gasteiger partial charge on any atom is -0.491 e. The van der Waals surface area contributed by atoms with Gasteiger partial charge in [0, 0.05) is 32.7 Å². The molecular weight excluding hydrogens is 686 g/mol.